The quantitative estimate of drug-likeness (QED) is 0.695. The Hall–Kier alpha value is -0.870. The van der Waals surface area contributed by atoms with E-state index in [9.17, 15) is 0 Å². The van der Waals surface area contributed by atoms with E-state index in [0.717, 1.165) is 12.2 Å². The molecule has 74 valence electrons. The van der Waals surface area contributed by atoms with E-state index in [1.807, 2.05) is 37.8 Å². The van der Waals surface area contributed by atoms with Crippen LogP contribution in [-0.2, 0) is 13.6 Å². The second-order valence-corrected chi connectivity index (χ2v) is 3.50. The molecule has 0 aliphatic carbocycles. The minimum Gasteiger partial charge on any atom is -0.272 e. The van der Waals surface area contributed by atoms with Crippen LogP contribution in [0.4, 0.5) is 0 Å². The molecule has 13 heavy (non-hydrogen) atoms. The van der Waals surface area contributed by atoms with Gasteiger partial charge in [-0.1, -0.05) is 0 Å². The molecule has 0 aromatic carbocycles. The number of hydrogen-bond acceptors (Lipinski definition) is 3. The normalized spacial score (nSPS) is 11.2. The molecule has 0 atom stereocenters. The van der Waals surface area contributed by atoms with E-state index in [-0.39, 0.29) is 0 Å². The van der Waals surface area contributed by atoms with Crippen molar-refractivity contribution in [3.05, 3.63) is 17.0 Å². The largest absolute Gasteiger partial charge is 0.272 e. The number of hydrazine groups is 1. The molecule has 0 unspecified atom stereocenters. The topological polar surface area (TPSA) is 33.1 Å². The maximum Gasteiger partial charge on any atom is 0.0641 e. The first-order chi connectivity index (χ1) is 6.02. The summed E-state index contributed by atoms with van der Waals surface area (Å²) in [6.07, 6.45) is 0. The Labute approximate surface area is 79.5 Å². The predicted octanol–water partition coefficient (Wildman–Crippen LogP) is 0.603. The van der Waals surface area contributed by atoms with E-state index in [1.54, 1.807) is 0 Å². The van der Waals surface area contributed by atoms with Crippen LogP contribution in [0.1, 0.15) is 17.0 Å². The Kier molecular flexibility index (Phi) is 3.06. The lowest BCUT2D eigenvalue weighted by Gasteiger charge is -2.11. The van der Waals surface area contributed by atoms with Crippen LogP contribution >= 0.6 is 0 Å². The van der Waals surface area contributed by atoms with Gasteiger partial charge in [-0.15, -0.1) is 0 Å². The van der Waals surface area contributed by atoms with Crippen LogP contribution in [0.3, 0.4) is 0 Å². The van der Waals surface area contributed by atoms with Gasteiger partial charge in [0.25, 0.3) is 0 Å². The minimum atomic E-state index is 0.846. The average Bonchev–Trinajstić information content (AvgIpc) is 2.24. The summed E-state index contributed by atoms with van der Waals surface area (Å²) < 4.78 is 1.92. The summed E-state index contributed by atoms with van der Waals surface area (Å²) in [6.45, 7) is 4.98. The van der Waals surface area contributed by atoms with Crippen LogP contribution in [0, 0.1) is 13.8 Å². The number of hydrogen-bond donors (Lipinski definition) is 1. The van der Waals surface area contributed by atoms with Crippen molar-refractivity contribution in [1.82, 2.24) is 20.2 Å². The molecule has 0 saturated heterocycles. The Morgan fingerprint density at radius 1 is 1.38 bits per heavy atom. The van der Waals surface area contributed by atoms with Gasteiger partial charge >= 0.3 is 0 Å². The monoisotopic (exact) mass is 182 g/mol. The number of nitrogens with one attached hydrogen (secondary N) is 1. The van der Waals surface area contributed by atoms with Crippen molar-refractivity contribution < 1.29 is 0 Å². The van der Waals surface area contributed by atoms with Gasteiger partial charge in [-0.05, 0) is 13.8 Å². The molecule has 0 aliphatic heterocycles. The Bertz CT molecular complexity index is 288. The van der Waals surface area contributed by atoms with E-state index in [2.05, 4.69) is 17.4 Å². The molecule has 0 aliphatic rings. The molecule has 1 aromatic rings. The number of aromatic nitrogens is 2. The number of rotatable bonds is 3. The fourth-order valence-corrected chi connectivity index (χ4v) is 1.31. The van der Waals surface area contributed by atoms with Crippen LogP contribution in [-0.4, -0.2) is 28.9 Å². The molecule has 1 aromatic heterocycles. The summed E-state index contributed by atoms with van der Waals surface area (Å²) in [5.41, 5.74) is 6.86. The standard InChI is InChI=1S/C9H18N4/c1-7-9(6-10-12(3)4)8(2)13(5)11-7/h10H,6H2,1-5H3. The summed E-state index contributed by atoms with van der Waals surface area (Å²) in [6, 6.07) is 0. The zero-order chi connectivity index (χ0) is 10.0. The molecular weight excluding hydrogens is 164 g/mol. The molecule has 1 heterocycles. The lowest BCUT2D eigenvalue weighted by Crippen LogP contribution is -2.30. The molecule has 4 heteroatoms. The summed E-state index contributed by atoms with van der Waals surface area (Å²) in [5.74, 6) is 0. The average molecular weight is 182 g/mol. The predicted molar refractivity (Wildman–Crippen MR) is 53.2 cm³/mol. The second-order valence-electron chi connectivity index (χ2n) is 3.50. The van der Waals surface area contributed by atoms with Crippen molar-refractivity contribution >= 4 is 0 Å². The smallest absolute Gasteiger partial charge is 0.0641 e. The summed E-state index contributed by atoms with van der Waals surface area (Å²) in [7, 11) is 5.95. The minimum absolute atomic E-state index is 0.846. The highest BCUT2D eigenvalue weighted by Gasteiger charge is 2.08. The molecule has 4 nitrogen and oxygen atoms in total. The van der Waals surface area contributed by atoms with Crippen molar-refractivity contribution in [2.75, 3.05) is 14.1 Å². The Morgan fingerprint density at radius 3 is 2.38 bits per heavy atom. The third-order valence-corrected chi connectivity index (χ3v) is 2.23. The molecule has 0 radical (unpaired) electrons. The first-order valence-corrected chi connectivity index (χ1v) is 4.42. The molecule has 0 saturated carbocycles. The highest BCUT2D eigenvalue weighted by molar-refractivity contribution is 5.23. The first-order valence-electron chi connectivity index (χ1n) is 4.42. The SMILES string of the molecule is Cc1nn(C)c(C)c1CNN(C)C. The van der Waals surface area contributed by atoms with Crippen LogP contribution in [0.25, 0.3) is 0 Å². The van der Waals surface area contributed by atoms with E-state index >= 15 is 0 Å². The summed E-state index contributed by atoms with van der Waals surface area (Å²) in [4.78, 5) is 0. The van der Waals surface area contributed by atoms with E-state index in [0.29, 0.717) is 0 Å². The molecule has 0 amide bonds. The second kappa shape index (κ2) is 3.89. The Balaban J connectivity index is 2.76. The van der Waals surface area contributed by atoms with Crippen LogP contribution in [0.2, 0.25) is 0 Å². The molecule has 1 N–H and O–H groups in total. The lowest BCUT2D eigenvalue weighted by molar-refractivity contribution is 0.285. The zero-order valence-corrected chi connectivity index (χ0v) is 9.05. The van der Waals surface area contributed by atoms with Gasteiger partial charge in [0.1, 0.15) is 0 Å². The van der Waals surface area contributed by atoms with Gasteiger partial charge < -0.3 is 0 Å². The van der Waals surface area contributed by atoms with E-state index in [4.69, 9.17) is 0 Å². The molecule has 0 fully saturated rings. The van der Waals surface area contributed by atoms with Gasteiger partial charge in [-0.25, -0.2) is 0 Å². The van der Waals surface area contributed by atoms with Crippen molar-refractivity contribution in [3.63, 3.8) is 0 Å². The van der Waals surface area contributed by atoms with Crippen LogP contribution < -0.4 is 5.43 Å². The van der Waals surface area contributed by atoms with Gasteiger partial charge in [-0.2, -0.15) is 5.10 Å². The summed E-state index contributed by atoms with van der Waals surface area (Å²) >= 11 is 0. The molecule has 0 spiro atoms. The third kappa shape index (κ3) is 2.29. The first kappa shape index (κ1) is 10.2. The zero-order valence-electron chi connectivity index (χ0n) is 9.05. The van der Waals surface area contributed by atoms with Crippen LogP contribution in [0.5, 0.6) is 0 Å². The summed E-state index contributed by atoms with van der Waals surface area (Å²) in [5, 5.41) is 6.30. The molecule has 1 rings (SSSR count). The fraction of sp³-hybridized carbons (Fsp3) is 0.667. The van der Waals surface area contributed by atoms with Gasteiger partial charge in [0, 0.05) is 38.9 Å². The molecular formula is C9H18N4. The van der Waals surface area contributed by atoms with Gasteiger partial charge in [-0.3, -0.25) is 15.1 Å². The number of nitrogens with zero attached hydrogens (tertiary/aromatic N) is 3. The maximum absolute atomic E-state index is 4.35. The van der Waals surface area contributed by atoms with Crippen molar-refractivity contribution in [2.24, 2.45) is 7.05 Å². The van der Waals surface area contributed by atoms with Crippen LogP contribution in [0.15, 0.2) is 0 Å². The Morgan fingerprint density at radius 2 is 2.00 bits per heavy atom. The van der Waals surface area contributed by atoms with Crippen molar-refractivity contribution in [2.45, 2.75) is 20.4 Å². The van der Waals surface area contributed by atoms with Gasteiger partial charge in [0.05, 0.1) is 5.69 Å². The molecule has 0 bridgehead atoms. The van der Waals surface area contributed by atoms with Gasteiger partial charge in [0.15, 0.2) is 0 Å². The highest BCUT2D eigenvalue weighted by Crippen LogP contribution is 2.10. The third-order valence-electron chi connectivity index (χ3n) is 2.23. The van der Waals surface area contributed by atoms with E-state index < -0.39 is 0 Å². The highest BCUT2D eigenvalue weighted by atomic mass is 15.5. The van der Waals surface area contributed by atoms with Crippen molar-refractivity contribution in [1.29, 1.82) is 0 Å². The fourth-order valence-electron chi connectivity index (χ4n) is 1.31. The number of aryl methyl sites for hydroxylation is 2. The maximum atomic E-state index is 4.35. The van der Waals surface area contributed by atoms with Gasteiger partial charge in [0.2, 0.25) is 0 Å². The van der Waals surface area contributed by atoms with E-state index in [1.165, 1.54) is 11.3 Å². The lowest BCUT2D eigenvalue weighted by atomic mass is 10.2. The van der Waals surface area contributed by atoms with Crippen molar-refractivity contribution in [3.8, 4) is 0 Å².